The van der Waals surface area contributed by atoms with Gasteiger partial charge >= 0.3 is 5.97 Å². The Morgan fingerprint density at radius 3 is 2.78 bits per heavy atom. The fourth-order valence-electron chi connectivity index (χ4n) is 3.42. The fourth-order valence-corrected chi connectivity index (χ4v) is 3.42. The molecule has 8 heteroatoms. The lowest BCUT2D eigenvalue weighted by Crippen LogP contribution is -2.41. The van der Waals surface area contributed by atoms with E-state index < -0.39 is 5.97 Å². The third-order valence-electron chi connectivity index (χ3n) is 4.63. The van der Waals surface area contributed by atoms with Crippen molar-refractivity contribution in [2.75, 3.05) is 19.6 Å². The number of nitrogens with zero attached hydrogens (tertiary/aromatic N) is 4. The number of carboxylic acid groups (broad SMARTS) is 1. The molecule has 1 saturated carbocycles. The summed E-state index contributed by atoms with van der Waals surface area (Å²) in [4.78, 5) is 28.8. The van der Waals surface area contributed by atoms with Gasteiger partial charge in [-0.15, -0.1) is 0 Å². The topological polar surface area (TPSA) is 100 Å². The third-order valence-corrected chi connectivity index (χ3v) is 4.63. The number of carboxylic acids is 1. The molecule has 0 aromatic carbocycles. The van der Waals surface area contributed by atoms with Crippen LogP contribution in [0.4, 0.5) is 0 Å². The number of rotatable bonds is 8. The Balaban J connectivity index is 1.45. The maximum absolute atomic E-state index is 12.2. The number of aromatic nitrogens is 3. The summed E-state index contributed by atoms with van der Waals surface area (Å²) in [6.07, 6.45) is 6.69. The highest BCUT2D eigenvalue weighted by molar-refractivity contribution is 5.76. The van der Waals surface area contributed by atoms with Crippen LogP contribution in [0.1, 0.15) is 25.7 Å². The summed E-state index contributed by atoms with van der Waals surface area (Å²) < 4.78 is 1.71. The first-order valence-electron chi connectivity index (χ1n) is 8.18. The molecule has 0 spiro atoms. The predicted molar refractivity (Wildman–Crippen MR) is 81.5 cm³/mol. The molecule has 2 N–H and O–H groups in total. The van der Waals surface area contributed by atoms with Gasteiger partial charge in [0, 0.05) is 32.1 Å². The van der Waals surface area contributed by atoms with Gasteiger partial charge in [-0.25, -0.2) is 4.98 Å². The van der Waals surface area contributed by atoms with Crippen LogP contribution in [0.15, 0.2) is 12.7 Å². The fraction of sp³-hybridized carbons (Fsp3) is 0.733. The average molecular weight is 321 g/mol. The lowest BCUT2D eigenvalue weighted by Gasteiger charge is -2.19. The van der Waals surface area contributed by atoms with Crippen LogP contribution in [0.3, 0.4) is 0 Å². The van der Waals surface area contributed by atoms with Crippen molar-refractivity contribution < 1.29 is 14.7 Å². The first-order chi connectivity index (χ1) is 11.1. The number of hydrogen-bond donors (Lipinski definition) is 2. The van der Waals surface area contributed by atoms with Crippen LogP contribution in [0.5, 0.6) is 0 Å². The molecule has 2 fully saturated rings. The van der Waals surface area contributed by atoms with Gasteiger partial charge in [-0.3, -0.25) is 19.2 Å². The minimum atomic E-state index is -0.806. The van der Waals surface area contributed by atoms with Gasteiger partial charge in [0.05, 0.1) is 6.54 Å². The lowest BCUT2D eigenvalue weighted by atomic mass is 9.98. The molecule has 1 amide bonds. The molecule has 3 rings (SSSR count). The Morgan fingerprint density at radius 2 is 2.13 bits per heavy atom. The Hall–Kier alpha value is -1.96. The Bertz CT molecular complexity index is 543. The Kier molecular flexibility index (Phi) is 4.90. The number of likely N-dealkylation sites (tertiary alicyclic amines) is 1. The largest absolute Gasteiger partial charge is 0.480 e. The van der Waals surface area contributed by atoms with Crippen molar-refractivity contribution in [2.24, 2.45) is 11.8 Å². The molecule has 1 aromatic heterocycles. The number of carbonyl (C=O) groups is 2. The number of nitrogens with one attached hydrogen (secondary N) is 1. The van der Waals surface area contributed by atoms with Crippen molar-refractivity contribution in [2.45, 2.75) is 38.3 Å². The van der Waals surface area contributed by atoms with Gasteiger partial charge < -0.3 is 10.4 Å². The second-order valence-electron chi connectivity index (χ2n) is 6.53. The zero-order valence-corrected chi connectivity index (χ0v) is 13.1. The van der Waals surface area contributed by atoms with Crippen LogP contribution in [0.2, 0.25) is 0 Å². The van der Waals surface area contributed by atoms with E-state index in [1.54, 1.807) is 11.0 Å². The van der Waals surface area contributed by atoms with Crippen LogP contribution < -0.4 is 5.32 Å². The van der Waals surface area contributed by atoms with Crippen LogP contribution in [-0.4, -0.2) is 62.3 Å². The molecule has 0 radical (unpaired) electrons. The van der Waals surface area contributed by atoms with Gasteiger partial charge in [-0.1, -0.05) is 0 Å². The summed E-state index contributed by atoms with van der Waals surface area (Å²) in [7, 11) is 0. The molecule has 2 aliphatic rings. The van der Waals surface area contributed by atoms with Gasteiger partial charge in [0.1, 0.15) is 12.7 Å². The summed E-state index contributed by atoms with van der Waals surface area (Å²) in [6, 6.07) is 0.0840. The summed E-state index contributed by atoms with van der Waals surface area (Å²) in [6.45, 7) is 2.15. The normalized spacial score (nSPS) is 24.7. The standard InChI is InChI=1S/C15H23N5O3/c21-14(2-1-5-20-10-16-9-17-20)18-13-7-19(8-15(22)23)6-12(13)11-3-4-11/h9-13H,1-8H2,(H,18,21)(H,22,23)/t12-,13+/m1/s1. The number of amides is 1. The smallest absolute Gasteiger partial charge is 0.317 e. The predicted octanol–water partition coefficient (Wildman–Crippen LogP) is -0.0305. The molecular formula is C15H23N5O3. The van der Waals surface area contributed by atoms with Crippen molar-refractivity contribution in [3.63, 3.8) is 0 Å². The van der Waals surface area contributed by atoms with E-state index in [2.05, 4.69) is 15.4 Å². The van der Waals surface area contributed by atoms with Crippen LogP contribution in [-0.2, 0) is 16.1 Å². The number of aryl methyl sites for hydroxylation is 1. The zero-order valence-electron chi connectivity index (χ0n) is 13.1. The third kappa shape index (κ3) is 4.51. The second kappa shape index (κ2) is 7.08. The van der Waals surface area contributed by atoms with E-state index in [1.165, 1.54) is 19.2 Å². The molecular weight excluding hydrogens is 298 g/mol. The quantitative estimate of drug-likeness (QED) is 0.697. The second-order valence-corrected chi connectivity index (χ2v) is 6.53. The van der Waals surface area contributed by atoms with E-state index in [4.69, 9.17) is 5.11 Å². The molecule has 0 bridgehead atoms. The Labute approximate surface area is 134 Å². The van der Waals surface area contributed by atoms with Crippen LogP contribution in [0.25, 0.3) is 0 Å². The highest BCUT2D eigenvalue weighted by atomic mass is 16.4. The molecule has 23 heavy (non-hydrogen) atoms. The van der Waals surface area contributed by atoms with Crippen molar-refractivity contribution in [3.8, 4) is 0 Å². The van der Waals surface area contributed by atoms with Gasteiger partial charge in [-0.2, -0.15) is 5.10 Å². The highest BCUT2D eigenvalue weighted by Gasteiger charge is 2.43. The highest BCUT2D eigenvalue weighted by Crippen LogP contribution is 2.41. The summed E-state index contributed by atoms with van der Waals surface area (Å²) in [5.41, 5.74) is 0. The van der Waals surface area contributed by atoms with Gasteiger partial charge in [-0.05, 0) is 31.1 Å². The molecule has 0 unspecified atom stereocenters. The molecule has 1 saturated heterocycles. The summed E-state index contributed by atoms with van der Waals surface area (Å²) >= 11 is 0. The molecule has 1 aliphatic heterocycles. The molecule has 1 aliphatic carbocycles. The first kappa shape index (κ1) is 15.9. The molecule has 8 nitrogen and oxygen atoms in total. The van der Waals surface area contributed by atoms with Gasteiger partial charge in [0.25, 0.3) is 0 Å². The van der Waals surface area contributed by atoms with Crippen molar-refractivity contribution in [1.29, 1.82) is 0 Å². The van der Waals surface area contributed by atoms with E-state index in [1.807, 2.05) is 4.90 Å². The van der Waals surface area contributed by atoms with Crippen LogP contribution in [0, 0.1) is 11.8 Å². The molecule has 1 aromatic rings. The van der Waals surface area contributed by atoms with E-state index in [-0.39, 0.29) is 18.5 Å². The number of aliphatic carboxylic acids is 1. The summed E-state index contributed by atoms with van der Waals surface area (Å²) in [5, 5.41) is 16.1. The maximum Gasteiger partial charge on any atom is 0.317 e. The van der Waals surface area contributed by atoms with Crippen molar-refractivity contribution in [1.82, 2.24) is 25.0 Å². The minimum absolute atomic E-state index is 0.0398. The molecule has 2 heterocycles. The Morgan fingerprint density at radius 1 is 1.30 bits per heavy atom. The molecule has 2 atom stereocenters. The van der Waals surface area contributed by atoms with E-state index in [0.29, 0.717) is 31.3 Å². The van der Waals surface area contributed by atoms with Crippen LogP contribution >= 0.6 is 0 Å². The SMILES string of the molecule is O=C(O)CN1C[C@H](NC(=O)CCCn2cncn2)[C@@H](C2CC2)C1. The monoisotopic (exact) mass is 321 g/mol. The molecule has 126 valence electrons. The minimum Gasteiger partial charge on any atom is -0.480 e. The van der Waals surface area contributed by atoms with Gasteiger partial charge in [0.15, 0.2) is 0 Å². The number of carbonyl (C=O) groups excluding carboxylic acids is 1. The van der Waals surface area contributed by atoms with Gasteiger partial charge in [0.2, 0.25) is 5.91 Å². The number of hydrogen-bond acceptors (Lipinski definition) is 5. The van der Waals surface area contributed by atoms with E-state index >= 15 is 0 Å². The zero-order chi connectivity index (χ0) is 16.2. The lowest BCUT2D eigenvalue weighted by molar-refractivity contribution is -0.138. The maximum atomic E-state index is 12.2. The first-order valence-corrected chi connectivity index (χ1v) is 8.18. The van der Waals surface area contributed by atoms with Crippen molar-refractivity contribution >= 4 is 11.9 Å². The summed E-state index contributed by atoms with van der Waals surface area (Å²) in [5.74, 6) is 0.278. The average Bonchev–Trinajstić information content (AvgIpc) is 3.06. The van der Waals surface area contributed by atoms with E-state index in [9.17, 15) is 9.59 Å². The van der Waals surface area contributed by atoms with E-state index in [0.717, 1.165) is 13.0 Å². The van der Waals surface area contributed by atoms with Crippen molar-refractivity contribution in [3.05, 3.63) is 12.7 Å².